The smallest absolute Gasteiger partial charge is 0.296 e. The molecule has 3 atom stereocenters. The topological polar surface area (TPSA) is 86.7 Å². The van der Waals surface area contributed by atoms with Gasteiger partial charge in [0.25, 0.3) is 10.1 Å². The van der Waals surface area contributed by atoms with Crippen molar-refractivity contribution in [3.63, 3.8) is 0 Å². The molecule has 2 aliphatic rings. The zero-order chi connectivity index (χ0) is 27.3. The minimum atomic E-state index is -4.27. The molecule has 38 heavy (non-hydrogen) atoms. The molecule has 202 valence electrons. The number of sulfone groups is 1. The van der Waals surface area contributed by atoms with Crippen molar-refractivity contribution in [2.75, 3.05) is 13.2 Å². The van der Waals surface area contributed by atoms with E-state index in [1.807, 2.05) is 6.92 Å². The number of fused-ring (bicyclic) bond motifs is 3. The summed E-state index contributed by atoms with van der Waals surface area (Å²) >= 11 is 5.97. The lowest BCUT2D eigenvalue weighted by Gasteiger charge is -2.49. The molecule has 0 aromatic heterocycles. The first-order valence-corrected chi connectivity index (χ1v) is 15.3. The molecule has 0 saturated heterocycles. The maximum Gasteiger partial charge on any atom is 0.296 e. The van der Waals surface area contributed by atoms with Crippen LogP contribution >= 0.6 is 11.6 Å². The summed E-state index contributed by atoms with van der Waals surface area (Å²) in [6, 6.07) is 13.6. The Bertz CT molecular complexity index is 1570. The van der Waals surface area contributed by atoms with Gasteiger partial charge in [-0.25, -0.2) is 17.2 Å². The zero-order valence-electron chi connectivity index (χ0n) is 20.4. The lowest BCUT2D eigenvalue weighted by molar-refractivity contribution is 0.0805. The first-order chi connectivity index (χ1) is 18.0. The van der Waals surface area contributed by atoms with Crippen molar-refractivity contribution in [3.05, 3.63) is 88.4 Å². The van der Waals surface area contributed by atoms with E-state index in [0.717, 1.165) is 17.7 Å². The molecule has 0 unspecified atom stereocenters. The fraction of sp³-hybridized carbons (Fsp3) is 0.333. The van der Waals surface area contributed by atoms with Crippen LogP contribution < -0.4 is 4.74 Å². The van der Waals surface area contributed by atoms with Crippen molar-refractivity contribution in [3.8, 4) is 5.75 Å². The third-order valence-electron chi connectivity index (χ3n) is 7.48. The summed E-state index contributed by atoms with van der Waals surface area (Å²) in [7, 11) is -8.30. The Morgan fingerprint density at radius 2 is 1.58 bits per heavy atom. The Morgan fingerprint density at radius 3 is 2.26 bits per heavy atom. The monoisotopic (exact) mass is 582 g/mol. The number of benzene rings is 3. The van der Waals surface area contributed by atoms with Crippen LogP contribution in [-0.2, 0) is 28.9 Å². The summed E-state index contributed by atoms with van der Waals surface area (Å²) in [5.41, 5.74) is 0.575. The standard InChI is InChI=1S/C27H25ClF2O6S2/c1-17-2-6-22(7-3-17)38(33,34)36-15-18-12-13-27(37(31,32)21-8-4-20(28)5-9-21)19(14-18)16-35-26-24(30)11-10-23(29)25(26)27/h2-11,18-19H,12-16H2,1H3/t18-,19-,27+/m0/s1. The summed E-state index contributed by atoms with van der Waals surface area (Å²) in [6.45, 7) is 1.48. The van der Waals surface area contributed by atoms with Gasteiger partial charge in [0.2, 0.25) is 0 Å². The van der Waals surface area contributed by atoms with Crippen molar-refractivity contribution in [2.45, 2.75) is 40.7 Å². The number of aryl methyl sites for hydroxylation is 1. The lowest BCUT2D eigenvalue weighted by Crippen LogP contribution is -2.52. The van der Waals surface area contributed by atoms with E-state index < -0.39 is 48.0 Å². The molecule has 0 bridgehead atoms. The molecule has 3 aromatic carbocycles. The second kappa shape index (κ2) is 9.89. The molecule has 1 aliphatic heterocycles. The number of rotatable bonds is 6. The fourth-order valence-electron chi connectivity index (χ4n) is 5.54. The van der Waals surface area contributed by atoms with E-state index in [-0.39, 0.29) is 53.7 Å². The van der Waals surface area contributed by atoms with Crippen molar-refractivity contribution in [1.29, 1.82) is 0 Å². The molecule has 1 heterocycles. The summed E-state index contributed by atoms with van der Waals surface area (Å²) in [4.78, 5) is -0.0499. The number of halogens is 3. The second-order valence-corrected chi connectivity index (χ2v) is 14.0. The number of hydrogen-bond donors (Lipinski definition) is 0. The molecule has 6 nitrogen and oxygen atoms in total. The highest BCUT2D eigenvalue weighted by Gasteiger charge is 2.59. The summed E-state index contributed by atoms with van der Waals surface area (Å²) in [5, 5.41) is 0.332. The van der Waals surface area contributed by atoms with Crippen LogP contribution in [0.3, 0.4) is 0 Å². The van der Waals surface area contributed by atoms with Gasteiger partial charge < -0.3 is 4.74 Å². The normalized spacial score (nSPS) is 23.3. The maximum absolute atomic E-state index is 15.4. The third-order valence-corrected chi connectivity index (χ3v) is 11.6. The first kappa shape index (κ1) is 27.1. The van der Waals surface area contributed by atoms with Crippen molar-refractivity contribution >= 4 is 31.6 Å². The summed E-state index contributed by atoms with van der Waals surface area (Å²) in [6.07, 6.45) is 0.311. The van der Waals surface area contributed by atoms with Gasteiger partial charge in [0, 0.05) is 10.9 Å². The van der Waals surface area contributed by atoms with Gasteiger partial charge in [0.1, 0.15) is 10.6 Å². The first-order valence-electron chi connectivity index (χ1n) is 12.0. The van der Waals surface area contributed by atoms with E-state index in [1.165, 1.54) is 36.4 Å². The molecule has 0 radical (unpaired) electrons. The minimum absolute atomic E-state index is 0.0195. The zero-order valence-corrected chi connectivity index (χ0v) is 22.8. The molecular formula is C27H25ClF2O6S2. The summed E-state index contributed by atoms with van der Waals surface area (Å²) in [5.74, 6) is -3.26. The lowest BCUT2D eigenvalue weighted by atomic mass is 9.69. The molecule has 5 rings (SSSR count). The molecule has 1 aliphatic carbocycles. The Kier molecular flexibility index (Phi) is 7.04. The average molecular weight is 583 g/mol. The van der Waals surface area contributed by atoms with E-state index in [0.29, 0.717) is 5.02 Å². The highest BCUT2D eigenvalue weighted by Crippen LogP contribution is 2.57. The molecule has 3 aromatic rings. The van der Waals surface area contributed by atoms with Crippen LogP contribution in [0.5, 0.6) is 5.75 Å². The Morgan fingerprint density at radius 1 is 0.947 bits per heavy atom. The number of hydrogen-bond acceptors (Lipinski definition) is 6. The quantitative estimate of drug-likeness (QED) is 0.341. The predicted molar refractivity (Wildman–Crippen MR) is 137 cm³/mol. The molecule has 0 N–H and O–H groups in total. The van der Waals surface area contributed by atoms with Gasteiger partial charge in [-0.05, 0) is 80.6 Å². The molecule has 1 saturated carbocycles. The largest absolute Gasteiger partial charge is 0.490 e. The highest BCUT2D eigenvalue weighted by molar-refractivity contribution is 7.92. The van der Waals surface area contributed by atoms with Crippen LogP contribution in [0.15, 0.2) is 70.5 Å². The molecule has 1 fully saturated rings. The van der Waals surface area contributed by atoms with E-state index in [1.54, 1.807) is 12.1 Å². The van der Waals surface area contributed by atoms with Gasteiger partial charge in [-0.1, -0.05) is 29.3 Å². The van der Waals surface area contributed by atoms with Crippen LogP contribution in [0.2, 0.25) is 5.02 Å². The Hall–Kier alpha value is -2.53. The van der Waals surface area contributed by atoms with Gasteiger partial charge >= 0.3 is 0 Å². The molecule has 0 spiro atoms. The van der Waals surface area contributed by atoms with E-state index in [4.69, 9.17) is 20.5 Å². The number of ether oxygens (including phenoxy) is 1. The van der Waals surface area contributed by atoms with Crippen molar-refractivity contribution in [1.82, 2.24) is 0 Å². The van der Waals surface area contributed by atoms with Crippen LogP contribution in [-0.4, -0.2) is 30.0 Å². The van der Waals surface area contributed by atoms with Gasteiger partial charge in [0.15, 0.2) is 21.4 Å². The van der Waals surface area contributed by atoms with Crippen LogP contribution in [0.4, 0.5) is 8.78 Å². The minimum Gasteiger partial charge on any atom is -0.490 e. The second-order valence-electron chi connectivity index (χ2n) is 9.78. The highest BCUT2D eigenvalue weighted by atomic mass is 35.5. The van der Waals surface area contributed by atoms with Gasteiger partial charge in [-0.3, -0.25) is 4.18 Å². The Balaban J connectivity index is 1.50. The van der Waals surface area contributed by atoms with Crippen LogP contribution in [0.25, 0.3) is 0 Å². The van der Waals surface area contributed by atoms with Crippen molar-refractivity contribution in [2.24, 2.45) is 11.8 Å². The van der Waals surface area contributed by atoms with E-state index in [2.05, 4.69) is 0 Å². The van der Waals surface area contributed by atoms with E-state index >= 15 is 4.39 Å². The SMILES string of the molecule is Cc1ccc(S(=O)(=O)OC[C@H]2CC[C@]3(S(=O)(=O)c4ccc(Cl)cc4)c4c(F)ccc(F)c4OC[C@@H]3C2)cc1. The van der Waals surface area contributed by atoms with Crippen LogP contribution in [0.1, 0.15) is 30.4 Å². The van der Waals surface area contributed by atoms with Crippen LogP contribution in [0, 0.1) is 30.4 Å². The van der Waals surface area contributed by atoms with Gasteiger partial charge in [-0.2, -0.15) is 8.42 Å². The van der Waals surface area contributed by atoms with E-state index in [9.17, 15) is 21.2 Å². The van der Waals surface area contributed by atoms with Crippen molar-refractivity contribution < 1.29 is 34.5 Å². The average Bonchev–Trinajstić information content (AvgIpc) is 2.89. The maximum atomic E-state index is 15.4. The third kappa shape index (κ3) is 4.51. The molecule has 0 amide bonds. The molecular weight excluding hydrogens is 558 g/mol. The molecule has 11 heteroatoms. The fourth-order valence-corrected chi connectivity index (χ4v) is 9.01. The van der Waals surface area contributed by atoms with Gasteiger partial charge in [0.05, 0.1) is 28.6 Å². The van der Waals surface area contributed by atoms with Gasteiger partial charge in [-0.15, -0.1) is 0 Å². The Labute approximate surface area is 225 Å². The summed E-state index contributed by atoms with van der Waals surface area (Å²) < 4.78 is 93.0. The predicted octanol–water partition coefficient (Wildman–Crippen LogP) is 5.81.